The Hall–Kier alpha value is -3.15. The summed E-state index contributed by atoms with van der Waals surface area (Å²) in [4.78, 5) is 25.5. The topological polar surface area (TPSA) is 74.9 Å². The van der Waals surface area contributed by atoms with Crippen molar-refractivity contribution in [1.29, 1.82) is 0 Å². The number of carbonyl (C=O) groups is 2. The Morgan fingerprint density at radius 3 is 2.25 bits per heavy atom. The number of rotatable bonds is 3. The van der Waals surface area contributed by atoms with Crippen LogP contribution in [0.2, 0.25) is 0 Å². The van der Waals surface area contributed by atoms with E-state index in [0.29, 0.717) is 0 Å². The maximum Gasteiger partial charge on any atom is 0.254 e. The van der Waals surface area contributed by atoms with E-state index < -0.39 is 0 Å². The van der Waals surface area contributed by atoms with Crippen molar-refractivity contribution in [3.05, 3.63) is 59.4 Å². The molecule has 142 valence electrons. The molecule has 2 fully saturated rings. The van der Waals surface area contributed by atoms with Crippen molar-refractivity contribution in [1.82, 2.24) is 9.58 Å². The predicted molar refractivity (Wildman–Crippen MR) is 104 cm³/mol. The lowest BCUT2D eigenvalue weighted by molar-refractivity contribution is -0.140. The summed E-state index contributed by atoms with van der Waals surface area (Å²) in [5, 5.41) is 14.9. The van der Waals surface area contributed by atoms with Crippen LogP contribution in [0.1, 0.15) is 23.4 Å². The van der Waals surface area contributed by atoms with E-state index in [9.17, 15) is 14.7 Å². The van der Waals surface area contributed by atoms with Gasteiger partial charge in [0.2, 0.25) is 0 Å². The molecule has 2 amide bonds. The van der Waals surface area contributed by atoms with Crippen LogP contribution in [0.15, 0.2) is 47.6 Å². The second-order valence-electron chi connectivity index (χ2n) is 7.91. The number of aryl methyl sites for hydroxylation is 1. The van der Waals surface area contributed by atoms with Gasteiger partial charge in [0.1, 0.15) is 5.75 Å². The number of hydrogen-bond donors (Lipinski definition) is 1. The molecule has 4 atom stereocenters. The van der Waals surface area contributed by atoms with Crippen LogP contribution in [0.3, 0.4) is 0 Å². The summed E-state index contributed by atoms with van der Waals surface area (Å²) in [6.07, 6.45) is 6.68. The third-order valence-electron chi connectivity index (χ3n) is 6.34. The van der Waals surface area contributed by atoms with Gasteiger partial charge in [0.05, 0.1) is 18.1 Å². The maximum atomic E-state index is 12.7. The number of phenolic OH excluding ortho intramolecular Hbond substituents is 1. The first kappa shape index (κ1) is 17.0. The second-order valence-corrected chi connectivity index (χ2v) is 7.91. The average Bonchev–Trinajstić information content (AvgIpc) is 3.40. The van der Waals surface area contributed by atoms with E-state index in [1.165, 1.54) is 0 Å². The number of aromatic nitrogens is 1. The van der Waals surface area contributed by atoms with Gasteiger partial charge in [-0.3, -0.25) is 9.59 Å². The van der Waals surface area contributed by atoms with E-state index in [1.807, 2.05) is 36.6 Å². The lowest BCUT2D eigenvalue weighted by atomic mass is 9.85. The van der Waals surface area contributed by atoms with Crippen molar-refractivity contribution in [3.8, 4) is 11.4 Å². The number of aromatic hydroxyl groups is 1. The summed E-state index contributed by atoms with van der Waals surface area (Å²) in [6, 6.07) is 8.94. The molecule has 1 saturated heterocycles. The summed E-state index contributed by atoms with van der Waals surface area (Å²) < 4.78 is 2.05. The van der Waals surface area contributed by atoms with Crippen LogP contribution in [0.25, 0.3) is 5.69 Å². The van der Waals surface area contributed by atoms with Crippen molar-refractivity contribution < 1.29 is 14.7 Å². The zero-order valence-electron chi connectivity index (χ0n) is 15.7. The molecule has 2 aliphatic carbocycles. The number of phenols is 1. The normalized spacial score (nSPS) is 28.1. The number of carbonyl (C=O) groups excluding carboxylic acids is 2. The van der Waals surface area contributed by atoms with E-state index in [0.717, 1.165) is 34.1 Å². The van der Waals surface area contributed by atoms with Crippen LogP contribution in [-0.4, -0.2) is 32.7 Å². The van der Waals surface area contributed by atoms with E-state index in [4.69, 9.17) is 0 Å². The quantitative estimate of drug-likeness (QED) is 0.509. The lowest BCUT2D eigenvalue weighted by Gasteiger charge is -2.13. The molecule has 0 spiro atoms. The van der Waals surface area contributed by atoms with Crippen LogP contribution >= 0.6 is 0 Å². The monoisotopic (exact) mass is 375 g/mol. The van der Waals surface area contributed by atoms with Gasteiger partial charge in [0.15, 0.2) is 0 Å². The Kier molecular flexibility index (Phi) is 3.59. The fourth-order valence-electron chi connectivity index (χ4n) is 5.04. The highest BCUT2D eigenvalue weighted by molar-refractivity contribution is 6.06. The van der Waals surface area contributed by atoms with E-state index in [-0.39, 0.29) is 41.2 Å². The summed E-state index contributed by atoms with van der Waals surface area (Å²) in [6.45, 7) is 3.95. The van der Waals surface area contributed by atoms with Crippen LogP contribution in [-0.2, 0) is 9.59 Å². The zero-order valence-corrected chi connectivity index (χ0v) is 15.7. The highest BCUT2D eigenvalue weighted by Gasteiger charge is 2.59. The van der Waals surface area contributed by atoms with Gasteiger partial charge >= 0.3 is 0 Å². The Balaban J connectivity index is 1.44. The van der Waals surface area contributed by atoms with Crippen LogP contribution in [0.5, 0.6) is 5.75 Å². The summed E-state index contributed by atoms with van der Waals surface area (Å²) in [5.74, 6) is -0.218. The molecule has 2 heterocycles. The van der Waals surface area contributed by atoms with Crippen molar-refractivity contribution in [2.45, 2.75) is 20.3 Å². The number of amides is 2. The fourth-order valence-corrected chi connectivity index (χ4v) is 5.04. The standard InChI is InChI=1S/C22H21N3O3/c1-12-9-16(13(2)24(12)17-5-7-18(26)8-6-17)11-23-25-21(27)19-14-3-4-15(10-14)20(19)22(25)28/h3-9,11,14-15,19-20,26H,10H2,1-2H3. The Morgan fingerprint density at radius 2 is 1.64 bits per heavy atom. The third-order valence-corrected chi connectivity index (χ3v) is 6.34. The van der Waals surface area contributed by atoms with Gasteiger partial charge in [0, 0.05) is 22.6 Å². The molecule has 2 bridgehead atoms. The molecule has 5 rings (SSSR count). The van der Waals surface area contributed by atoms with Crippen LogP contribution in [0.4, 0.5) is 0 Å². The van der Waals surface area contributed by atoms with Gasteiger partial charge in [-0.2, -0.15) is 10.1 Å². The molecule has 1 aliphatic heterocycles. The number of imide groups is 1. The minimum atomic E-state index is -0.232. The Bertz CT molecular complexity index is 1020. The molecule has 1 saturated carbocycles. The van der Waals surface area contributed by atoms with Gasteiger partial charge in [-0.25, -0.2) is 0 Å². The number of nitrogens with zero attached hydrogens (tertiary/aromatic N) is 3. The van der Waals surface area contributed by atoms with Gasteiger partial charge in [-0.05, 0) is 62.4 Å². The minimum Gasteiger partial charge on any atom is -0.508 e. The SMILES string of the molecule is Cc1cc(C=NN2C(=O)C3C4C=CC(C4)C3C2=O)c(C)n1-c1ccc(O)cc1. The number of hydrogen-bond acceptors (Lipinski definition) is 4. The van der Waals surface area contributed by atoms with E-state index >= 15 is 0 Å². The predicted octanol–water partition coefficient (Wildman–Crippen LogP) is 2.94. The van der Waals surface area contributed by atoms with Gasteiger partial charge < -0.3 is 9.67 Å². The summed E-state index contributed by atoms with van der Waals surface area (Å²) in [5.41, 5.74) is 3.73. The molecular formula is C22H21N3O3. The number of allylic oxidation sites excluding steroid dienone is 2. The molecule has 28 heavy (non-hydrogen) atoms. The minimum absolute atomic E-state index is 0.171. The molecule has 2 aromatic rings. The van der Waals surface area contributed by atoms with E-state index in [1.54, 1.807) is 18.3 Å². The second kappa shape index (κ2) is 5.92. The maximum absolute atomic E-state index is 12.7. The molecule has 6 heteroatoms. The third kappa shape index (κ3) is 2.30. The largest absolute Gasteiger partial charge is 0.508 e. The van der Waals surface area contributed by atoms with Crippen LogP contribution in [0, 0.1) is 37.5 Å². The Labute approximate surface area is 162 Å². The molecule has 0 radical (unpaired) electrons. The lowest BCUT2D eigenvalue weighted by Crippen LogP contribution is -2.28. The molecule has 3 aliphatic rings. The molecule has 1 N–H and O–H groups in total. The summed E-state index contributed by atoms with van der Waals surface area (Å²) in [7, 11) is 0. The van der Waals surface area contributed by atoms with Gasteiger partial charge in [0.25, 0.3) is 11.8 Å². The molecule has 6 nitrogen and oxygen atoms in total. The summed E-state index contributed by atoms with van der Waals surface area (Å²) >= 11 is 0. The fraction of sp³-hybridized carbons (Fsp3) is 0.318. The average molecular weight is 375 g/mol. The molecular weight excluding hydrogens is 354 g/mol. The molecule has 4 unspecified atom stereocenters. The first-order valence-electron chi connectivity index (χ1n) is 9.54. The molecule has 1 aromatic heterocycles. The first-order valence-corrected chi connectivity index (χ1v) is 9.54. The molecule has 1 aromatic carbocycles. The highest BCUT2D eigenvalue weighted by atomic mass is 16.3. The highest BCUT2D eigenvalue weighted by Crippen LogP contribution is 2.52. The number of benzene rings is 1. The van der Waals surface area contributed by atoms with E-state index in [2.05, 4.69) is 17.3 Å². The van der Waals surface area contributed by atoms with Crippen molar-refractivity contribution in [3.63, 3.8) is 0 Å². The number of fused-ring (bicyclic) bond motifs is 5. The Morgan fingerprint density at radius 1 is 1.04 bits per heavy atom. The number of hydrazone groups is 1. The first-order chi connectivity index (χ1) is 13.5. The van der Waals surface area contributed by atoms with Gasteiger partial charge in [-0.15, -0.1) is 0 Å². The smallest absolute Gasteiger partial charge is 0.254 e. The van der Waals surface area contributed by atoms with Crippen LogP contribution < -0.4 is 0 Å². The van der Waals surface area contributed by atoms with Crippen molar-refractivity contribution >= 4 is 18.0 Å². The van der Waals surface area contributed by atoms with Gasteiger partial charge in [-0.1, -0.05) is 12.2 Å². The zero-order chi connectivity index (χ0) is 19.6. The van der Waals surface area contributed by atoms with Crippen molar-refractivity contribution in [2.24, 2.45) is 28.8 Å². The van der Waals surface area contributed by atoms with Crippen molar-refractivity contribution in [2.75, 3.05) is 0 Å².